The second-order valence-corrected chi connectivity index (χ2v) is 4.09. The number of hydrogen-bond donors (Lipinski definition) is 3. The molecule has 0 atom stereocenters. The molecule has 1 heterocycles. The maximum Gasteiger partial charge on any atom is 0.339 e. The van der Waals surface area contributed by atoms with Crippen LogP contribution in [0.3, 0.4) is 0 Å². The maximum atomic E-state index is 13.0. The highest BCUT2D eigenvalue weighted by atomic mass is 19.2. The first-order valence-electron chi connectivity index (χ1n) is 5.58. The van der Waals surface area contributed by atoms with Crippen LogP contribution in [0.2, 0.25) is 0 Å². The molecule has 7 heteroatoms. The first-order chi connectivity index (χ1) is 9.40. The molecule has 2 rings (SSSR count). The summed E-state index contributed by atoms with van der Waals surface area (Å²) in [6.45, 7) is 1.54. The van der Waals surface area contributed by atoms with E-state index in [1.165, 1.54) is 13.1 Å². The number of H-pyrrole nitrogens is 1. The maximum absolute atomic E-state index is 13.0. The molecule has 0 bridgehead atoms. The van der Waals surface area contributed by atoms with Crippen molar-refractivity contribution in [1.29, 1.82) is 0 Å². The number of aromatic amines is 1. The average molecular weight is 280 g/mol. The Labute approximate surface area is 112 Å². The fourth-order valence-corrected chi connectivity index (χ4v) is 1.73. The number of aromatic nitrogens is 1. The molecular weight excluding hydrogens is 270 g/mol. The lowest BCUT2D eigenvalue weighted by Crippen LogP contribution is -2.14. The van der Waals surface area contributed by atoms with E-state index in [9.17, 15) is 18.4 Å². The number of carboxylic acids is 1. The summed E-state index contributed by atoms with van der Waals surface area (Å²) < 4.78 is 25.8. The van der Waals surface area contributed by atoms with Crippen LogP contribution in [0.1, 0.15) is 26.4 Å². The van der Waals surface area contributed by atoms with Gasteiger partial charge in [0.2, 0.25) is 0 Å². The zero-order valence-corrected chi connectivity index (χ0v) is 10.3. The number of aromatic carboxylic acids is 1. The first-order valence-corrected chi connectivity index (χ1v) is 5.58. The predicted octanol–water partition coefficient (Wildman–Crippen LogP) is 2.55. The number of hydrogen-bond acceptors (Lipinski definition) is 2. The number of aryl methyl sites for hydroxylation is 1. The van der Waals surface area contributed by atoms with Crippen molar-refractivity contribution in [3.8, 4) is 0 Å². The molecule has 20 heavy (non-hydrogen) atoms. The number of carbonyl (C=O) groups is 2. The molecule has 1 aromatic heterocycles. The Morgan fingerprint density at radius 2 is 1.95 bits per heavy atom. The van der Waals surface area contributed by atoms with E-state index in [0.717, 1.165) is 18.2 Å². The largest absolute Gasteiger partial charge is 0.478 e. The molecule has 2 aromatic rings. The van der Waals surface area contributed by atoms with Gasteiger partial charge in [-0.3, -0.25) is 4.79 Å². The van der Waals surface area contributed by atoms with Gasteiger partial charge in [-0.25, -0.2) is 13.6 Å². The number of anilines is 1. The van der Waals surface area contributed by atoms with E-state index in [-0.39, 0.29) is 16.8 Å². The lowest BCUT2D eigenvalue weighted by Gasteiger charge is -2.05. The predicted molar refractivity (Wildman–Crippen MR) is 66.8 cm³/mol. The van der Waals surface area contributed by atoms with Gasteiger partial charge in [-0.2, -0.15) is 0 Å². The van der Waals surface area contributed by atoms with Crippen molar-refractivity contribution < 1.29 is 23.5 Å². The van der Waals surface area contributed by atoms with Crippen LogP contribution in [0.5, 0.6) is 0 Å². The third-order valence-electron chi connectivity index (χ3n) is 2.72. The summed E-state index contributed by atoms with van der Waals surface area (Å²) in [5.74, 6) is -4.15. The fraction of sp³-hybridized carbons (Fsp3) is 0.0769. The molecule has 0 unspecified atom stereocenters. The normalized spacial score (nSPS) is 10.3. The van der Waals surface area contributed by atoms with Crippen LogP contribution in [-0.2, 0) is 0 Å². The second-order valence-electron chi connectivity index (χ2n) is 4.09. The molecular formula is C13H10F2N2O3. The molecule has 0 saturated carbocycles. The third-order valence-corrected chi connectivity index (χ3v) is 2.72. The highest BCUT2D eigenvalue weighted by Gasteiger charge is 2.18. The zero-order chi connectivity index (χ0) is 14.9. The first kappa shape index (κ1) is 13.7. The van der Waals surface area contributed by atoms with Crippen LogP contribution in [-0.4, -0.2) is 22.0 Å². The topological polar surface area (TPSA) is 82.2 Å². The summed E-state index contributed by atoms with van der Waals surface area (Å²) in [5, 5.41) is 11.4. The van der Waals surface area contributed by atoms with Gasteiger partial charge in [0.1, 0.15) is 5.56 Å². The second kappa shape index (κ2) is 5.12. The van der Waals surface area contributed by atoms with Gasteiger partial charge in [0.05, 0.1) is 5.69 Å². The van der Waals surface area contributed by atoms with E-state index in [1.807, 2.05) is 0 Å². The van der Waals surface area contributed by atoms with Crippen molar-refractivity contribution in [2.45, 2.75) is 6.92 Å². The summed E-state index contributed by atoms with van der Waals surface area (Å²) in [6, 6.07) is 2.67. The molecule has 5 nitrogen and oxygen atoms in total. The Bertz CT molecular complexity index is 695. The van der Waals surface area contributed by atoms with Gasteiger partial charge in [0.15, 0.2) is 11.6 Å². The van der Waals surface area contributed by atoms with Gasteiger partial charge < -0.3 is 15.4 Å². The Hall–Kier alpha value is -2.70. The number of halogens is 2. The Morgan fingerprint density at radius 3 is 2.55 bits per heavy atom. The van der Waals surface area contributed by atoms with Crippen LogP contribution in [0.25, 0.3) is 0 Å². The van der Waals surface area contributed by atoms with Gasteiger partial charge >= 0.3 is 5.97 Å². The molecule has 0 spiro atoms. The van der Waals surface area contributed by atoms with Crippen LogP contribution in [0.4, 0.5) is 14.5 Å². The van der Waals surface area contributed by atoms with E-state index < -0.39 is 23.5 Å². The van der Waals surface area contributed by atoms with Crippen molar-refractivity contribution in [3.05, 3.63) is 52.9 Å². The quantitative estimate of drug-likeness (QED) is 0.808. The lowest BCUT2D eigenvalue weighted by atomic mass is 10.2. The minimum absolute atomic E-state index is 0.0599. The summed E-state index contributed by atoms with van der Waals surface area (Å²) in [6.07, 6.45) is 1.32. The van der Waals surface area contributed by atoms with Crippen molar-refractivity contribution in [1.82, 2.24) is 4.98 Å². The number of carbonyl (C=O) groups excluding carboxylic acids is 1. The van der Waals surface area contributed by atoms with E-state index in [0.29, 0.717) is 5.69 Å². The summed E-state index contributed by atoms with van der Waals surface area (Å²) in [7, 11) is 0. The number of rotatable bonds is 3. The molecule has 0 aliphatic heterocycles. The third kappa shape index (κ3) is 2.51. The fourth-order valence-electron chi connectivity index (χ4n) is 1.73. The SMILES string of the molecule is Cc1[nH]cc(NC(=O)c2ccc(F)c(F)c2)c1C(=O)O. The zero-order valence-electron chi connectivity index (χ0n) is 10.3. The summed E-state index contributed by atoms with van der Waals surface area (Å²) in [4.78, 5) is 25.6. The molecule has 0 aliphatic carbocycles. The molecule has 104 valence electrons. The van der Waals surface area contributed by atoms with Gasteiger partial charge in [0.25, 0.3) is 5.91 Å². The molecule has 0 fully saturated rings. The molecule has 0 aliphatic rings. The van der Waals surface area contributed by atoms with Gasteiger partial charge in [-0.05, 0) is 25.1 Å². The Balaban J connectivity index is 2.28. The van der Waals surface area contributed by atoms with E-state index in [2.05, 4.69) is 10.3 Å². The monoisotopic (exact) mass is 280 g/mol. The lowest BCUT2D eigenvalue weighted by molar-refractivity contribution is 0.0697. The number of nitrogens with one attached hydrogen (secondary N) is 2. The molecule has 3 N–H and O–H groups in total. The van der Waals surface area contributed by atoms with Gasteiger partial charge in [-0.1, -0.05) is 0 Å². The minimum Gasteiger partial charge on any atom is -0.478 e. The number of carboxylic acid groups (broad SMARTS) is 1. The minimum atomic E-state index is -1.20. The number of benzene rings is 1. The smallest absolute Gasteiger partial charge is 0.339 e. The van der Waals surface area contributed by atoms with Crippen LogP contribution >= 0.6 is 0 Å². The van der Waals surface area contributed by atoms with Gasteiger partial charge in [-0.15, -0.1) is 0 Å². The standard InChI is InChI=1S/C13H10F2N2O3/c1-6-11(13(19)20)10(5-16-6)17-12(18)7-2-3-8(14)9(15)4-7/h2-5,16H,1H3,(H,17,18)(H,19,20). The summed E-state index contributed by atoms with van der Waals surface area (Å²) >= 11 is 0. The van der Waals surface area contributed by atoms with Crippen molar-refractivity contribution in [3.63, 3.8) is 0 Å². The average Bonchev–Trinajstić information content (AvgIpc) is 2.73. The Morgan fingerprint density at radius 1 is 1.25 bits per heavy atom. The van der Waals surface area contributed by atoms with Crippen LogP contribution in [0.15, 0.2) is 24.4 Å². The van der Waals surface area contributed by atoms with Crippen molar-refractivity contribution >= 4 is 17.6 Å². The van der Waals surface area contributed by atoms with E-state index in [1.54, 1.807) is 0 Å². The molecule has 1 amide bonds. The molecule has 0 radical (unpaired) electrons. The Kier molecular flexibility index (Phi) is 3.51. The van der Waals surface area contributed by atoms with E-state index in [4.69, 9.17) is 5.11 Å². The van der Waals surface area contributed by atoms with Crippen molar-refractivity contribution in [2.24, 2.45) is 0 Å². The van der Waals surface area contributed by atoms with Crippen LogP contribution in [0, 0.1) is 18.6 Å². The highest BCUT2D eigenvalue weighted by molar-refractivity contribution is 6.08. The number of amides is 1. The van der Waals surface area contributed by atoms with Crippen LogP contribution < -0.4 is 5.32 Å². The highest BCUT2D eigenvalue weighted by Crippen LogP contribution is 2.20. The molecule has 0 saturated heterocycles. The summed E-state index contributed by atoms with van der Waals surface area (Å²) in [5.41, 5.74) is 0.239. The van der Waals surface area contributed by atoms with Crippen molar-refractivity contribution in [2.75, 3.05) is 5.32 Å². The van der Waals surface area contributed by atoms with E-state index >= 15 is 0 Å². The van der Waals surface area contributed by atoms with Gasteiger partial charge in [0, 0.05) is 17.5 Å². The molecule has 1 aromatic carbocycles.